The van der Waals surface area contributed by atoms with Gasteiger partial charge in [-0.3, -0.25) is 4.79 Å². The maximum atomic E-state index is 11.9. The molecule has 0 aliphatic rings. The molecule has 0 radical (unpaired) electrons. The lowest BCUT2D eigenvalue weighted by Crippen LogP contribution is -2.35. The van der Waals surface area contributed by atoms with Gasteiger partial charge in [0.1, 0.15) is 5.15 Å². The third-order valence-electron chi connectivity index (χ3n) is 2.48. The van der Waals surface area contributed by atoms with Crippen LogP contribution < -0.4 is 5.32 Å². The number of amides is 1. The smallest absolute Gasteiger partial charge is 0.251 e. The van der Waals surface area contributed by atoms with Gasteiger partial charge in [0.2, 0.25) is 0 Å². The first-order valence-corrected chi connectivity index (χ1v) is 6.21. The third-order valence-corrected chi connectivity index (χ3v) is 2.67. The topological polar surface area (TPSA) is 62.2 Å². The molecule has 5 heteroatoms. The Bertz CT molecular complexity index is 441. The van der Waals surface area contributed by atoms with Crippen molar-refractivity contribution in [1.29, 1.82) is 0 Å². The highest BCUT2D eigenvalue weighted by Crippen LogP contribution is 2.23. The monoisotopic (exact) mass is 270 g/mol. The summed E-state index contributed by atoms with van der Waals surface area (Å²) in [7, 11) is 0. The Hall–Kier alpha value is -1.13. The molecule has 0 fully saturated rings. The van der Waals surface area contributed by atoms with E-state index < -0.39 is 0 Å². The number of halogens is 1. The number of pyridine rings is 1. The summed E-state index contributed by atoms with van der Waals surface area (Å²) in [6.07, 6.45) is 0. The van der Waals surface area contributed by atoms with Crippen molar-refractivity contribution in [3.05, 3.63) is 28.5 Å². The Labute approximate surface area is 112 Å². The van der Waals surface area contributed by atoms with E-state index in [-0.39, 0.29) is 24.0 Å². The molecule has 18 heavy (non-hydrogen) atoms. The number of hydrogen-bond donors (Lipinski definition) is 2. The minimum atomic E-state index is -0.289. The molecule has 1 unspecified atom stereocenters. The number of nitrogens with one attached hydrogen (secondary N) is 1. The second kappa shape index (κ2) is 5.67. The molecule has 4 nitrogen and oxygen atoms in total. The molecule has 0 saturated heterocycles. The Morgan fingerprint density at radius 2 is 2.11 bits per heavy atom. The van der Waals surface area contributed by atoms with E-state index >= 15 is 0 Å². The van der Waals surface area contributed by atoms with Gasteiger partial charge in [-0.15, -0.1) is 0 Å². The summed E-state index contributed by atoms with van der Waals surface area (Å²) in [5.74, 6) is -0.258. The molecular formula is C13H19ClN2O2. The van der Waals surface area contributed by atoms with E-state index in [0.717, 1.165) is 5.69 Å². The van der Waals surface area contributed by atoms with E-state index in [4.69, 9.17) is 16.7 Å². The summed E-state index contributed by atoms with van der Waals surface area (Å²) >= 11 is 5.93. The summed E-state index contributed by atoms with van der Waals surface area (Å²) < 4.78 is 0. The zero-order valence-electron chi connectivity index (χ0n) is 11.1. The van der Waals surface area contributed by atoms with Gasteiger partial charge in [0.05, 0.1) is 6.61 Å². The molecule has 1 aromatic rings. The van der Waals surface area contributed by atoms with Gasteiger partial charge >= 0.3 is 0 Å². The predicted molar refractivity (Wildman–Crippen MR) is 72.0 cm³/mol. The SMILES string of the molecule is CC(CO)NC(=O)c1cc(Cl)nc(C(C)(C)C)c1. The fourth-order valence-corrected chi connectivity index (χ4v) is 1.57. The largest absolute Gasteiger partial charge is 0.394 e. The number of aromatic nitrogens is 1. The van der Waals surface area contributed by atoms with Crippen LogP contribution in [0.25, 0.3) is 0 Å². The molecule has 0 saturated carbocycles. The van der Waals surface area contributed by atoms with Crippen molar-refractivity contribution in [2.45, 2.75) is 39.2 Å². The summed E-state index contributed by atoms with van der Waals surface area (Å²) in [5, 5.41) is 11.9. The average Bonchev–Trinajstić information content (AvgIpc) is 2.26. The van der Waals surface area contributed by atoms with E-state index in [1.165, 1.54) is 6.07 Å². The number of rotatable bonds is 3. The van der Waals surface area contributed by atoms with E-state index in [1.54, 1.807) is 13.0 Å². The number of aliphatic hydroxyl groups is 1. The van der Waals surface area contributed by atoms with Crippen molar-refractivity contribution >= 4 is 17.5 Å². The van der Waals surface area contributed by atoms with Crippen molar-refractivity contribution in [3.63, 3.8) is 0 Å². The first-order chi connectivity index (χ1) is 8.24. The van der Waals surface area contributed by atoms with Gasteiger partial charge < -0.3 is 10.4 Å². The van der Waals surface area contributed by atoms with Crippen LogP contribution in [0.2, 0.25) is 5.15 Å². The van der Waals surface area contributed by atoms with Crippen LogP contribution in [0.5, 0.6) is 0 Å². The van der Waals surface area contributed by atoms with Crippen LogP contribution in [0.15, 0.2) is 12.1 Å². The predicted octanol–water partition coefficient (Wildman–Crippen LogP) is 2.14. The lowest BCUT2D eigenvalue weighted by Gasteiger charge is -2.19. The van der Waals surface area contributed by atoms with Crippen molar-refractivity contribution in [2.24, 2.45) is 0 Å². The zero-order chi connectivity index (χ0) is 13.9. The summed E-state index contributed by atoms with van der Waals surface area (Å²) in [5.41, 5.74) is 1.04. The second-order valence-corrected chi connectivity index (χ2v) is 5.76. The van der Waals surface area contributed by atoms with Gasteiger partial charge in [-0.2, -0.15) is 0 Å². The number of carbonyl (C=O) groups is 1. The molecule has 0 aliphatic heterocycles. The van der Waals surface area contributed by atoms with Gasteiger partial charge in [0, 0.05) is 22.7 Å². The molecule has 1 heterocycles. The number of carbonyl (C=O) groups excluding carboxylic acids is 1. The molecule has 1 atom stereocenters. The van der Waals surface area contributed by atoms with Crippen molar-refractivity contribution in [1.82, 2.24) is 10.3 Å². The Morgan fingerprint density at radius 1 is 1.50 bits per heavy atom. The molecule has 0 bridgehead atoms. The number of aliphatic hydroxyl groups excluding tert-OH is 1. The molecule has 1 aromatic heterocycles. The van der Waals surface area contributed by atoms with E-state index in [1.807, 2.05) is 20.8 Å². The minimum Gasteiger partial charge on any atom is -0.394 e. The molecule has 1 rings (SSSR count). The maximum Gasteiger partial charge on any atom is 0.251 e. The van der Waals surface area contributed by atoms with Crippen LogP contribution in [-0.4, -0.2) is 28.6 Å². The van der Waals surface area contributed by atoms with Crippen LogP contribution >= 0.6 is 11.6 Å². The minimum absolute atomic E-state index is 0.101. The van der Waals surface area contributed by atoms with Crippen LogP contribution in [0, 0.1) is 0 Å². The Morgan fingerprint density at radius 3 is 2.61 bits per heavy atom. The van der Waals surface area contributed by atoms with E-state index in [9.17, 15) is 4.79 Å². The quantitative estimate of drug-likeness (QED) is 0.828. The second-order valence-electron chi connectivity index (χ2n) is 5.37. The third kappa shape index (κ3) is 3.96. The molecule has 1 amide bonds. The number of nitrogens with zero attached hydrogens (tertiary/aromatic N) is 1. The molecule has 0 aliphatic carbocycles. The maximum absolute atomic E-state index is 11.9. The van der Waals surface area contributed by atoms with Gasteiger partial charge in [-0.25, -0.2) is 4.98 Å². The molecule has 2 N–H and O–H groups in total. The van der Waals surface area contributed by atoms with Gasteiger partial charge in [-0.1, -0.05) is 32.4 Å². The average molecular weight is 271 g/mol. The van der Waals surface area contributed by atoms with Crippen molar-refractivity contribution < 1.29 is 9.90 Å². The number of hydrogen-bond acceptors (Lipinski definition) is 3. The zero-order valence-corrected chi connectivity index (χ0v) is 11.9. The highest BCUT2D eigenvalue weighted by Gasteiger charge is 2.19. The fraction of sp³-hybridized carbons (Fsp3) is 0.538. The molecular weight excluding hydrogens is 252 g/mol. The van der Waals surface area contributed by atoms with Crippen molar-refractivity contribution in [3.8, 4) is 0 Å². The van der Waals surface area contributed by atoms with Crippen LogP contribution in [0.1, 0.15) is 43.7 Å². The summed E-state index contributed by atoms with van der Waals surface area (Å²) in [6, 6.07) is 2.96. The van der Waals surface area contributed by atoms with E-state index in [0.29, 0.717) is 10.7 Å². The molecule has 0 aromatic carbocycles. The van der Waals surface area contributed by atoms with Gasteiger partial charge in [0.25, 0.3) is 5.91 Å². The normalized spacial score (nSPS) is 13.2. The van der Waals surface area contributed by atoms with Crippen molar-refractivity contribution in [2.75, 3.05) is 6.61 Å². The molecule has 100 valence electrons. The lowest BCUT2D eigenvalue weighted by atomic mass is 9.91. The first-order valence-electron chi connectivity index (χ1n) is 5.84. The highest BCUT2D eigenvalue weighted by molar-refractivity contribution is 6.29. The molecule has 0 spiro atoms. The van der Waals surface area contributed by atoms with Crippen LogP contribution in [-0.2, 0) is 5.41 Å². The van der Waals surface area contributed by atoms with Crippen LogP contribution in [0.4, 0.5) is 0 Å². The Balaban J connectivity index is 3.03. The summed E-state index contributed by atoms with van der Waals surface area (Å²) in [6.45, 7) is 7.64. The standard InChI is InChI=1S/C13H19ClN2O2/c1-8(7-17)15-12(18)9-5-10(13(2,3)4)16-11(14)6-9/h5-6,8,17H,7H2,1-4H3,(H,15,18). The van der Waals surface area contributed by atoms with Gasteiger partial charge in [0.15, 0.2) is 0 Å². The fourth-order valence-electron chi connectivity index (χ4n) is 1.36. The van der Waals surface area contributed by atoms with Crippen LogP contribution in [0.3, 0.4) is 0 Å². The first kappa shape index (κ1) is 14.9. The Kier molecular flexibility index (Phi) is 4.71. The van der Waals surface area contributed by atoms with Gasteiger partial charge in [-0.05, 0) is 19.1 Å². The summed E-state index contributed by atoms with van der Waals surface area (Å²) in [4.78, 5) is 16.2. The lowest BCUT2D eigenvalue weighted by molar-refractivity contribution is 0.0922. The van der Waals surface area contributed by atoms with E-state index in [2.05, 4.69) is 10.3 Å². The highest BCUT2D eigenvalue weighted by atomic mass is 35.5.